The van der Waals surface area contributed by atoms with E-state index in [1.54, 1.807) is 24.3 Å². The molecule has 4 rings (SSSR count). The molecule has 0 atom stereocenters. The molecule has 0 spiro atoms. The molecule has 4 aromatic rings. The maximum Gasteiger partial charge on any atom is 0.339 e. The molecule has 1 heterocycles. The second kappa shape index (κ2) is 8.64. The summed E-state index contributed by atoms with van der Waals surface area (Å²) in [6.45, 7) is 3.32. The summed E-state index contributed by atoms with van der Waals surface area (Å²) >= 11 is 0. The van der Waals surface area contributed by atoms with Gasteiger partial charge in [0.05, 0.1) is 10.8 Å². The Labute approximate surface area is 186 Å². The molecule has 32 heavy (non-hydrogen) atoms. The van der Waals surface area contributed by atoms with E-state index in [-0.39, 0.29) is 21.5 Å². The number of hydrogen-bond acceptors (Lipinski definition) is 7. The molecule has 3 aromatic carbocycles. The van der Waals surface area contributed by atoms with Crippen molar-refractivity contribution in [2.24, 2.45) is 0 Å². The van der Waals surface area contributed by atoms with Crippen molar-refractivity contribution >= 4 is 37.7 Å². The fourth-order valence-corrected chi connectivity index (χ4v) is 4.29. The smallest absolute Gasteiger partial charge is 0.339 e. The lowest BCUT2D eigenvalue weighted by atomic mass is 10.1. The summed E-state index contributed by atoms with van der Waals surface area (Å²) < 4.78 is 36.5. The number of fused-ring (bicyclic) bond motifs is 2. The Morgan fingerprint density at radius 1 is 1.00 bits per heavy atom. The third kappa shape index (κ3) is 4.46. The highest BCUT2D eigenvalue weighted by molar-refractivity contribution is 7.87. The molecule has 0 aliphatic heterocycles. The molecule has 7 nitrogen and oxygen atoms in total. The Morgan fingerprint density at radius 2 is 1.75 bits per heavy atom. The van der Waals surface area contributed by atoms with Gasteiger partial charge in [-0.1, -0.05) is 23.8 Å². The number of nitrogens with one attached hydrogen (secondary N) is 1. The van der Waals surface area contributed by atoms with Gasteiger partial charge in [0.15, 0.2) is 0 Å². The van der Waals surface area contributed by atoms with Gasteiger partial charge in [0.25, 0.3) is 0 Å². The topological polar surface area (TPSA) is 88.8 Å². The summed E-state index contributed by atoms with van der Waals surface area (Å²) in [5, 5.41) is 3.94. The minimum atomic E-state index is -4.03. The molecule has 8 heteroatoms. The molecular formula is C24H24N2O5S. The van der Waals surface area contributed by atoms with E-state index in [1.807, 2.05) is 38.1 Å². The summed E-state index contributed by atoms with van der Waals surface area (Å²) in [5.41, 5.74) is 2.16. The summed E-state index contributed by atoms with van der Waals surface area (Å²) in [7, 11) is -0.0899. The van der Waals surface area contributed by atoms with Crippen LogP contribution in [0.4, 0.5) is 5.69 Å². The highest BCUT2D eigenvalue weighted by Crippen LogP contribution is 2.28. The zero-order valence-electron chi connectivity index (χ0n) is 18.1. The number of anilines is 1. The van der Waals surface area contributed by atoms with Crippen molar-refractivity contribution in [3.8, 4) is 5.75 Å². The van der Waals surface area contributed by atoms with Gasteiger partial charge in [-0.25, -0.2) is 0 Å². The van der Waals surface area contributed by atoms with E-state index in [9.17, 15) is 13.2 Å². The molecule has 0 aliphatic rings. The third-order valence-electron chi connectivity index (χ3n) is 5.06. The van der Waals surface area contributed by atoms with Gasteiger partial charge in [0.2, 0.25) is 5.43 Å². The number of rotatable bonds is 7. The minimum absolute atomic E-state index is 0.0427. The van der Waals surface area contributed by atoms with Gasteiger partial charge >= 0.3 is 10.1 Å². The summed E-state index contributed by atoms with van der Waals surface area (Å²) in [5.74, 6) is 0.0442. The SMILES string of the molecule is Cc1ccc(S(=O)(=O)Oc2ccc3oc4cccc(NCCN(C)C)c4c(=O)c3c2)cc1. The van der Waals surface area contributed by atoms with E-state index in [2.05, 4.69) is 5.32 Å². The molecule has 0 fully saturated rings. The maximum absolute atomic E-state index is 13.3. The number of aryl methyl sites for hydroxylation is 1. The molecule has 0 radical (unpaired) electrons. The van der Waals surface area contributed by atoms with E-state index in [1.165, 1.54) is 24.3 Å². The summed E-state index contributed by atoms with van der Waals surface area (Å²) in [6, 6.07) is 16.2. The Kier molecular flexibility index (Phi) is 5.90. The fraction of sp³-hybridized carbons (Fsp3) is 0.208. The lowest BCUT2D eigenvalue weighted by molar-refractivity contribution is 0.425. The maximum atomic E-state index is 13.3. The van der Waals surface area contributed by atoms with Crippen molar-refractivity contribution in [1.82, 2.24) is 4.90 Å². The largest absolute Gasteiger partial charge is 0.456 e. The quantitative estimate of drug-likeness (QED) is 0.335. The average molecular weight is 453 g/mol. The van der Waals surface area contributed by atoms with Crippen molar-refractivity contribution in [2.75, 3.05) is 32.5 Å². The van der Waals surface area contributed by atoms with Gasteiger partial charge in [0.1, 0.15) is 21.8 Å². The van der Waals surface area contributed by atoms with Crippen molar-refractivity contribution in [3.05, 3.63) is 76.5 Å². The molecule has 0 saturated heterocycles. The first-order chi connectivity index (χ1) is 15.2. The number of likely N-dealkylation sites (N-methyl/N-ethyl adjacent to an activating group) is 1. The van der Waals surface area contributed by atoms with Gasteiger partial charge in [-0.2, -0.15) is 8.42 Å². The first-order valence-corrected chi connectivity index (χ1v) is 11.5. The third-order valence-corrected chi connectivity index (χ3v) is 6.32. The number of hydrogen-bond donors (Lipinski definition) is 1. The lowest BCUT2D eigenvalue weighted by Crippen LogP contribution is -2.21. The van der Waals surface area contributed by atoms with Crippen LogP contribution in [0.5, 0.6) is 5.75 Å². The second-order valence-electron chi connectivity index (χ2n) is 7.85. The molecule has 1 N–H and O–H groups in total. The Hall–Kier alpha value is -3.36. The van der Waals surface area contributed by atoms with Crippen LogP contribution in [0, 0.1) is 6.92 Å². The van der Waals surface area contributed by atoms with Crippen LogP contribution >= 0.6 is 0 Å². The predicted molar refractivity (Wildman–Crippen MR) is 126 cm³/mol. The molecule has 166 valence electrons. The summed E-state index contributed by atoms with van der Waals surface area (Å²) in [6.07, 6.45) is 0. The first kappa shape index (κ1) is 21.9. The van der Waals surface area contributed by atoms with Gasteiger partial charge in [0, 0.05) is 18.8 Å². The van der Waals surface area contributed by atoms with Crippen LogP contribution in [0.1, 0.15) is 5.56 Å². The van der Waals surface area contributed by atoms with Crippen LogP contribution < -0.4 is 14.9 Å². The van der Waals surface area contributed by atoms with Gasteiger partial charge in [-0.05, 0) is 63.5 Å². The van der Waals surface area contributed by atoms with Crippen molar-refractivity contribution in [1.29, 1.82) is 0 Å². The van der Waals surface area contributed by atoms with Gasteiger partial charge < -0.3 is 18.8 Å². The normalized spacial score (nSPS) is 11.9. The highest BCUT2D eigenvalue weighted by Gasteiger charge is 2.18. The van der Waals surface area contributed by atoms with Gasteiger partial charge in [-0.15, -0.1) is 0 Å². The number of benzene rings is 3. The Morgan fingerprint density at radius 3 is 2.47 bits per heavy atom. The van der Waals surface area contributed by atoms with Crippen LogP contribution in [0.2, 0.25) is 0 Å². The molecule has 0 aliphatic carbocycles. The van der Waals surface area contributed by atoms with E-state index in [4.69, 9.17) is 8.60 Å². The van der Waals surface area contributed by atoms with E-state index < -0.39 is 10.1 Å². The minimum Gasteiger partial charge on any atom is -0.456 e. The summed E-state index contributed by atoms with van der Waals surface area (Å²) in [4.78, 5) is 15.4. The lowest BCUT2D eigenvalue weighted by Gasteiger charge is -2.13. The van der Waals surface area contributed by atoms with Crippen molar-refractivity contribution in [3.63, 3.8) is 0 Å². The number of nitrogens with zero attached hydrogens (tertiary/aromatic N) is 1. The van der Waals surface area contributed by atoms with Crippen LogP contribution in [0.25, 0.3) is 21.9 Å². The van der Waals surface area contributed by atoms with Crippen molar-refractivity contribution in [2.45, 2.75) is 11.8 Å². The zero-order chi connectivity index (χ0) is 22.9. The highest BCUT2D eigenvalue weighted by atomic mass is 32.2. The predicted octanol–water partition coefficient (Wildman–Crippen LogP) is 4.00. The monoisotopic (exact) mass is 452 g/mol. The fourth-order valence-electron chi connectivity index (χ4n) is 3.37. The first-order valence-electron chi connectivity index (χ1n) is 10.1. The molecule has 0 bridgehead atoms. The second-order valence-corrected chi connectivity index (χ2v) is 9.39. The molecular weight excluding hydrogens is 428 g/mol. The Balaban J connectivity index is 1.74. The molecule has 1 aromatic heterocycles. The van der Waals surface area contributed by atoms with Crippen LogP contribution in [-0.2, 0) is 10.1 Å². The average Bonchev–Trinajstić information content (AvgIpc) is 2.74. The zero-order valence-corrected chi connectivity index (χ0v) is 18.9. The van der Waals surface area contributed by atoms with Crippen molar-refractivity contribution < 1.29 is 17.0 Å². The Bertz CT molecular complexity index is 1440. The standard InChI is InChI=1S/C24H24N2O5S/c1-16-7-10-18(11-8-16)32(28,29)31-17-9-12-21-19(15-17)24(27)23-20(25-13-14-26(2)3)5-4-6-22(23)30-21/h4-12,15,25H,13-14H2,1-3H3. The van der Waals surface area contributed by atoms with Crippen LogP contribution in [0.3, 0.4) is 0 Å². The molecule has 0 amide bonds. The van der Waals surface area contributed by atoms with Crippen LogP contribution in [0.15, 0.2) is 74.8 Å². The van der Waals surface area contributed by atoms with Crippen LogP contribution in [-0.4, -0.2) is 40.5 Å². The van der Waals surface area contributed by atoms with E-state index >= 15 is 0 Å². The van der Waals surface area contributed by atoms with Gasteiger partial charge in [-0.3, -0.25) is 4.79 Å². The van der Waals surface area contributed by atoms with E-state index in [0.29, 0.717) is 28.8 Å². The molecule has 0 unspecified atom stereocenters. The van der Waals surface area contributed by atoms with E-state index in [0.717, 1.165) is 12.1 Å². The molecule has 0 saturated carbocycles.